The van der Waals surface area contributed by atoms with Crippen LogP contribution in [0.25, 0.3) is 0 Å². The molecule has 1 unspecified atom stereocenters. The van der Waals surface area contributed by atoms with Crippen molar-refractivity contribution in [2.45, 2.75) is 6.23 Å². The Bertz CT molecular complexity index is 331. The number of aliphatic hydroxyl groups is 1. The van der Waals surface area contributed by atoms with E-state index in [0.717, 1.165) is 5.70 Å². The van der Waals surface area contributed by atoms with E-state index < -0.39 is 6.23 Å². The lowest BCUT2D eigenvalue weighted by atomic mass is 10.2. The Labute approximate surface area is 76.1 Å². The van der Waals surface area contributed by atoms with Gasteiger partial charge < -0.3 is 5.11 Å². The highest BCUT2D eigenvalue weighted by atomic mass is 16.3. The molecule has 0 bridgehead atoms. The molecule has 0 fully saturated rings. The predicted octanol–water partition coefficient (Wildman–Crippen LogP) is 0.640. The number of urea groups is 1. The van der Waals surface area contributed by atoms with E-state index in [9.17, 15) is 9.90 Å². The first-order valence-corrected chi connectivity index (χ1v) is 4.01. The minimum absolute atomic E-state index is 0.217. The quantitative estimate of drug-likeness (QED) is 0.591. The summed E-state index contributed by atoms with van der Waals surface area (Å²) >= 11 is 0. The molecule has 2 aliphatic heterocycles. The molecule has 1 N–H and O–H groups in total. The molecule has 0 aliphatic carbocycles. The van der Waals surface area contributed by atoms with Crippen LogP contribution in [0.5, 0.6) is 0 Å². The van der Waals surface area contributed by atoms with Crippen LogP contribution in [0.15, 0.2) is 36.2 Å². The van der Waals surface area contributed by atoms with Crippen molar-refractivity contribution in [3.8, 4) is 0 Å². The molecular formula is C9H10N2O2. The number of aliphatic hydroxyl groups excluding tert-OH is 1. The molecule has 0 aromatic heterocycles. The maximum absolute atomic E-state index is 11.5. The number of amides is 2. The highest BCUT2D eigenvalue weighted by Crippen LogP contribution is 2.20. The summed E-state index contributed by atoms with van der Waals surface area (Å²) in [5, 5.41) is 9.43. The van der Waals surface area contributed by atoms with Crippen molar-refractivity contribution in [2.24, 2.45) is 0 Å². The number of carbonyl (C=O) groups excluding carboxylic acids is 1. The van der Waals surface area contributed by atoms with Gasteiger partial charge in [-0.2, -0.15) is 0 Å². The van der Waals surface area contributed by atoms with Crippen LogP contribution in [0.4, 0.5) is 4.79 Å². The maximum Gasteiger partial charge on any atom is 0.330 e. The highest BCUT2D eigenvalue weighted by molar-refractivity contribution is 5.80. The van der Waals surface area contributed by atoms with Crippen LogP contribution in [0.1, 0.15) is 0 Å². The Kier molecular flexibility index (Phi) is 1.70. The lowest BCUT2D eigenvalue weighted by molar-refractivity contribution is 0.0653. The largest absolute Gasteiger partial charge is 0.370 e. The number of likely N-dealkylation sites (N-methyl/N-ethyl adjacent to an activating group) is 1. The topological polar surface area (TPSA) is 43.8 Å². The maximum atomic E-state index is 11.5. The monoisotopic (exact) mass is 178 g/mol. The van der Waals surface area contributed by atoms with E-state index in [2.05, 4.69) is 0 Å². The first kappa shape index (κ1) is 8.07. The molecule has 1 atom stereocenters. The van der Waals surface area contributed by atoms with E-state index in [4.69, 9.17) is 0 Å². The summed E-state index contributed by atoms with van der Waals surface area (Å²) in [6, 6.07) is -0.217. The number of carbonyl (C=O) groups is 1. The zero-order valence-electron chi connectivity index (χ0n) is 7.21. The number of hydrogen-bond donors (Lipinski definition) is 1. The number of allylic oxidation sites excluding steroid dienone is 3. The molecule has 4 nitrogen and oxygen atoms in total. The highest BCUT2D eigenvalue weighted by Gasteiger charge is 2.28. The Morgan fingerprint density at radius 1 is 1.46 bits per heavy atom. The zero-order chi connectivity index (χ0) is 9.42. The van der Waals surface area contributed by atoms with Gasteiger partial charge in [0.15, 0.2) is 6.23 Å². The van der Waals surface area contributed by atoms with Gasteiger partial charge in [-0.1, -0.05) is 6.08 Å². The molecule has 0 aromatic carbocycles. The van der Waals surface area contributed by atoms with E-state index in [1.54, 1.807) is 31.5 Å². The lowest BCUT2D eigenvalue weighted by Crippen LogP contribution is -2.47. The number of rotatable bonds is 0. The van der Waals surface area contributed by atoms with E-state index >= 15 is 0 Å². The standard InChI is InChI=1S/C9H10N2O2/c1-10-8(12)6-7-4-2-3-5-11(7)9(10)13/h2-6,8,12H,1H3. The second-order valence-electron chi connectivity index (χ2n) is 2.97. The van der Waals surface area contributed by atoms with Gasteiger partial charge in [0.1, 0.15) is 0 Å². The first-order valence-electron chi connectivity index (χ1n) is 4.01. The van der Waals surface area contributed by atoms with Gasteiger partial charge in [0.25, 0.3) is 0 Å². The van der Waals surface area contributed by atoms with Gasteiger partial charge in [0.2, 0.25) is 0 Å². The van der Waals surface area contributed by atoms with Crippen LogP contribution in [-0.4, -0.2) is 34.2 Å². The van der Waals surface area contributed by atoms with Gasteiger partial charge in [-0.15, -0.1) is 0 Å². The van der Waals surface area contributed by atoms with Crippen LogP contribution < -0.4 is 0 Å². The third kappa shape index (κ3) is 1.15. The molecule has 68 valence electrons. The lowest BCUT2D eigenvalue weighted by Gasteiger charge is -2.34. The summed E-state index contributed by atoms with van der Waals surface area (Å²) in [7, 11) is 1.56. The summed E-state index contributed by atoms with van der Waals surface area (Å²) in [5.74, 6) is 0. The molecule has 0 saturated heterocycles. The fourth-order valence-corrected chi connectivity index (χ4v) is 1.31. The van der Waals surface area contributed by atoms with Crippen molar-refractivity contribution in [3.05, 3.63) is 36.2 Å². The van der Waals surface area contributed by atoms with Crippen LogP contribution in [0.2, 0.25) is 0 Å². The van der Waals surface area contributed by atoms with Crippen molar-refractivity contribution in [1.82, 2.24) is 9.80 Å². The summed E-state index contributed by atoms with van der Waals surface area (Å²) in [6.07, 6.45) is 7.87. The van der Waals surface area contributed by atoms with Gasteiger partial charge in [-0.3, -0.25) is 9.80 Å². The molecule has 13 heavy (non-hydrogen) atoms. The Hall–Kier alpha value is -1.55. The Balaban J connectivity index is 2.40. The van der Waals surface area contributed by atoms with Crippen molar-refractivity contribution >= 4 is 6.03 Å². The van der Waals surface area contributed by atoms with Crippen LogP contribution in [-0.2, 0) is 0 Å². The van der Waals surface area contributed by atoms with Crippen LogP contribution >= 0.6 is 0 Å². The zero-order valence-corrected chi connectivity index (χ0v) is 7.21. The summed E-state index contributed by atoms with van der Waals surface area (Å²) in [5.41, 5.74) is 0.720. The second kappa shape index (κ2) is 2.74. The van der Waals surface area contributed by atoms with E-state index in [0.29, 0.717) is 0 Å². The molecule has 2 aliphatic rings. The summed E-state index contributed by atoms with van der Waals surface area (Å²) in [6.45, 7) is 0. The molecular weight excluding hydrogens is 168 g/mol. The third-order valence-electron chi connectivity index (χ3n) is 2.12. The number of hydrogen-bond acceptors (Lipinski definition) is 2. The molecule has 4 heteroatoms. The molecule has 0 saturated carbocycles. The fraction of sp³-hybridized carbons (Fsp3) is 0.222. The molecule has 0 spiro atoms. The van der Waals surface area contributed by atoms with Crippen molar-refractivity contribution in [2.75, 3.05) is 7.05 Å². The summed E-state index contributed by atoms with van der Waals surface area (Å²) < 4.78 is 0. The molecule has 2 heterocycles. The normalized spacial score (nSPS) is 26.2. The van der Waals surface area contributed by atoms with Gasteiger partial charge in [0, 0.05) is 13.2 Å². The van der Waals surface area contributed by atoms with Crippen LogP contribution in [0.3, 0.4) is 0 Å². The molecule has 2 rings (SSSR count). The van der Waals surface area contributed by atoms with Gasteiger partial charge in [0.05, 0.1) is 5.70 Å². The predicted molar refractivity (Wildman–Crippen MR) is 47.4 cm³/mol. The molecule has 0 radical (unpaired) electrons. The van der Waals surface area contributed by atoms with E-state index in [1.807, 2.05) is 6.08 Å². The van der Waals surface area contributed by atoms with Crippen LogP contribution in [0, 0.1) is 0 Å². The number of fused-ring (bicyclic) bond motifs is 1. The smallest absolute Gasteiger partial charge is 0.330 e. The van der Waals surface area contributed by atoms with Gasteiger partial charge in [-0.05, 0) is 18.2 Å². The van der Waals surface area contributed by atoms with Crippen molar-refractivity contribution in [3.63, 3.8) is 0 Å². The Morgan fingerprint density at radius 2 is 2.23 bits per heavy atom. The fourth-order valence-electron chi connectivity index (χ4n) is 1.31. The SMILES string of the molecule is CN1C(=O)N2C=CC=CC2=CC1O. The average molecular weight is 178 g/mol. The van der Waals surface area contributed by atoms with E-state index in [1.165, 1.54) is 9.80 Å². The second-order valence-corrected chi connectivity index (χ2v) is 2.97. The first-order chi connectivity index (χ1) is 6.20. The molecule has 2 amide bonds. The number of nitrogens with zero attached hydrogens (tertiary/aromatic N) is 2. The van der Waals surface area contributed by atoms with Crippen molar-refractivity contribution in [1.29, 1.82) is 0 Å². The Morgan fingerprint density at radius 3 is 3.00 bits per heavy atom. The minimum atomic E-state index is -0.824. The minimum Gasteiger partial charge on any atom is -0.370 e. The van der Waals surface area contributed by atoms with E-state index in [-0.39, 0.29) is 6.03 Å². The van der Waals surface area contributed by atoms with Gasteiger partial charge in [-0.25, -0.2) is 4.79 Å². The van der Waals surface area contributed by atoms with Crippen molar-refractivity contribution < 1.29 is 9.90 Å². The molecule has 0 aromatic rings. The third-order valence-corrected chi connectivity index (χ3v) is 2.12. The summed E-state index contributed by atoms with van der Waals surface area (Å²) in [4.78, 5) is 14.3. The average Bonchev–Trinajstić information content (AvgIpc) is 2.15. The van der Waals surface area contributed by atoms with Gasteiger partial charge >= 0.3 is 6.03 Å².